The fourth-order valence-electron chi connectivity index (χ4n) is 1.47. The van der Waals surface area contributed by atoms with Crippen LogP contribution in [0.2, 0.25) is 0 Å². The average molecular weight is 244 g/mol. The molecular weight excluding hydrogens is 228 g/mol. The van der Waals surface area contributed by atoms with Gasteiger partial charge in [-0.3, -0.25) is 0 Å². The molecule has 18 heavy (non-hydrogen) atoms. The Morgan fingerprint density at radius 2 is 1.78 bits per heavy atom. The van der Waals surface area contributed by atoms with E-state index in [1.807, 2.05) is 38.1 Å². The Balaban J connectivity index is 2.09. The molecule has 3 N–H and O–H groups in total. The summed E-state index contributed by atoms with van der Waals surface area (Å²) in [7, 11) is 0. The highest BCUT2D eigenvalue weighted by molar-refractivity contribution is 5.65. The third kappa shape index (κ3) is 3.10. The molecule has 94 valence electrons. The SMILES string of the molecule is CC(C)Oc1ccc(Nc2nccnc2N)cc1. The highest BCUT2D eigenvalue weighted by Gasteiger charge is 2.02. The molecule has 5 heteroatoms. The van der Waals surface area contributed by atoms with Crippen LogP contribution in [0.15, 0.2) is 36.7 Å². The van der Waals surface area contributed by atoms with Gasteiger partial charge < -0.3 is 15.8 Å². The number of hydrogen-bond acceptors (Lipinski definition) is 5. The summed E-state index contributed by atoms with van der Waals surface area (Å²) in [4.78, 5) is 8.07. The van der Waals surface area contributed by atoms with Gasteiger partial charge in [0, 0.05) is 18.1 Å². The monoisotopic (exact) mass is 244 g/mol. The molecule has 0 aliphatic rings. The minimum atomic E-state index is 0.166. The maximum absolute atomic E-state index is 5.70. The Hall–Kier alpha value is -2.30. The van der Waals surface area contributed by atoms with Gasteiger partial charge in [-0.2, -0.15) is 0 Å². The van der Waals surface area contributed by atoms with Gasteiger partial charge in [0.1, 0.15) is 5.75 Å². The summed E-state index contributed by atoms with van der Waals surface area (Å²) in [5.74, 6) is 1.76. The number of aromatic nitrogens is 2. The van der Waals surface area contributed by atoms with E-state index in [1.165, 1.54) is 0 Å². The van der Waals surface area contributed by atoms with Crippen molar-refractivity contribution in [2.45, 2.75) is 20.0 Å². The van der Waals surface area contributed by atoms with E-state index < -0.39 is 0 Å². The zero-order chi connectivity index (χ0) is 13.0. The average Bonchev–Trinajstić information content (AvgIpc) is 2.34. The highest BCUT2D eigenvalue weighted by atomic mass is 16.5. The van der Waals surface area contributed by atoms with Crippen molar-refractivity contribution in [2.24, 2.45) is 0 Å². The molecule has 0 spiro atoms. The molecule has 2 aromatic rings. The van der Waals surface area contributed by atoms with Crippen LogP contribution in [0.25, 0.3) is 0 Å². The zero-order valence-corrected chi connectivity index (χ0v) is 10.4. The summed E-state index contributed by atoms with van der Waals surface area (Å²) in [6.07, 6.45) is 3.31. The first-order valence-corrected chi connectivity index (χ1v) is 5.75. The minimum absolute atomic E-state index is 0.166. The van der Waals surface area contributed by atoms with Crippen LogP contribution in [-0.4, -0.2) is 16.1 Å². The van der Waals surface area contributed by atoms with Crippen molar-refractivity contribution < 1.29 is 4.74 Å². The highest BCUT2D eigenvalue weighted by Crippen LogP contribution is 2.21. The van der Waals surface area contributed by atoms with E-state index in [0.29, 0.717) is 11.6 Å². The third-order valence-corrected chi connectivity index (χ3v) is 2.22. The van der Waals surface area contributed by atoms with E-state index >= 15 is 0 Å². The fraction of sp³-hybridized carbons (Fsp3) is 0.231. The summed E-state index contributed by atoms with van der Waals surface area (Å²) < 4.78 is 5.56. The molecule has 0 saturated carbocycles. The van der Waals surface area contributed by atoms with E-state index in [4.69, 9.17) is 10.5 Å². The molecule has 2 rings (SSSR count). The smallest absolute Gasteiger partial charge is 0.173 e. The number of nitrogens with zero attached hydrogens (tertiary/aromatic N) is 2. The van der Waals surface area contributed by atoms with E-state index in [0.717, 1.165) is 11.4 Å². The van der Waals surface area contributed by atoms with Gasteiger partial charge in [-0.1, -0.05) is 0 Å². The first-order chi connectivity index (χ1) is 8.65. The Morgan fingerprint density at radius 1 is 1.11 bits per heavy atom. The number of nitrogens with two attached hydrogens (primary N) is 1. The van der Waals surface area contributed by atoms with Crippen molar-refractivity contribution in [1.82, 2.24) is 9.97 Å². The van der Waals surface area contributed by atoms with Gasteiger partial charge in [-0.25, -0.2) is 9.97 Å². The summed E-state index contributed by atoms with van der Waals surface area (Å²) in [5, 5.41) is 3.10. The maximum Gasteiger partial charge on any atom is 0.173 e. The molecule has 0 aliphatic heterocycles. The Kier molecular flexibility index (Phi) is 3.62. The van der Waals surface area contributed by atoms with Crippen LogP contribution < -0.4 is 15.8 Å². The lowest BCUT2D eigenvalue weighted by Gasteiger charge is -2.11. The van der Waals surface area contributed by atoms with E-state index in [9.17, 15) is 0 Å². The number of nitrogens with one attached hydrogen (secondary N) is 1. The maximum atomic E-state index is 5.70. The van der Waals surface area contributed by atoms with Crippen molar-refractivity contribution in [1.29, 1.82) is 0 Å². The van der Waals surface area contributed by atoms with Gasteiger partial charge in [0.2, 0.25) is 0 Å². The number of nitrogen functional groups attached to an aromatic ring is 1. The van der Waals surface area contributed by atoms with Crippen molar-refractivity contribution in [3.63, 3.8) is 0 Å². The molecule has 0 bridgehead atoms. The normalized spacial score (nSPS) is 10.4. The Bertz CT molecular complexity index is 511. The van der Waals surface area contributed by atoms with Crippen molar-refractivity contribution in [2.75, 3.05) is 11.1 Å². The van der Waals surface area contributed by atoms with E-state index in [1.54, 1.807) is 12.4 Å². The zero-order valence-electron chi connectivity index (χ0n) is 10.4. The number of benzene rings is 1. The molecule has 5 nitrogen and oxygen atoms in total. The second kappa shape index (κ2) is 5.35. The standard InChI is InChI=1S/C13H16N4O/c1-9(2)18-11-5-3-10(4-6-11)17-13-12(14)15-7-8-16-13/h3-9H,1-2H3,(H2,14,15)(H,16,17). The lowest BCUT2D eigenvalue weighted by Crippen LogP contribution is -2.05. The molecule has 0 saturated heterocycles. The molecule has 1 heterocycles. The van der Waals surface area contributed by atoms with Gasteiger partial charge in [-0.15, -0.1) is 0 Å². The minimum Gasteiger partial charge on any atom is -0.491 e. The number of ether oxygens (including phenoxy) is 1. The molecule has 0 unspecified atom stereocenters. The first kappa shape index (κ1) is 12.2. The van der Waals surface area contributed by atoms with Gasteiger partial charge in [-0.05, 0) is 38.1 Å². The second-order valence-corrected chi connectivity index (χ2v) is 4.11. The van der Waals surface area contributed by atoms with Crippen LogP contribution in [0.4, 0.5) is 17.3 Å². The van der Waals surface area contributed by atoms with Crippen LogP contribution in [0.1, 0.15) is 13.8 Å². The van der Waals surface area contributed by atoms with Crippen LogP contribution in [0, 0.1) is 0 Å². The largest absolute Gasteiger partial charge is 0.491 e. The van der Waals surface area contributed by atoms with Gasteiger partial charge in [0.15, 0.2) is 11.6 Å². The lowest BCUT2D eigenvalue weighted by atomic mass is 10.3. The van der Waals surface area contributed by atoms with Crippen LogP contribution >= 0.6 is 0 Å². The van der Waals surface area contributed by atoms with Crippen LogP contribution in [0.5, 0.6) is 5.75 Å². The van der Waals surface area contributed by atoms with Crippen LogP contribution in [0.3, 0.4) is 0 Å². The molecule has 0 aliphatic carbocycles. The molecule has 0 fully saturated rings. The number of anilines is 3. The molecule has 0 radical (unpaired) electrons. The molecular formula is C13H16N4O. The Labute approximate surface area is 106 Å². The second-order valence-electron chi connectivity index (χ2n) is 4.11. The summed E-state index contributed by atoms with van der Waals surface area (Å²) in [6, 6.07) is 7.61. The first-order valence-electron chi connectivity index (χ1n) is 5.75. The molecule has 1 aromatic carbocycles. The van der Waals surface area contributed by atoms with Crippen LogP contribution in [-0.2, 0) is 0 Å². The predicted octanol–water partition coefficient (Wildman–Crippen LogP) is 2.59. The number of rotatable bonds is 4. The van der Waals surface area contributed by atoms with Gasteiger partial charge in [0.25, 0.3) is 0 Å². The van der Waals surface area contributed by atoms with Crippen molar-refractivity contribution in [3.05, 3.63) is 36.7 Å². The summed E-state index contributed by atoms with van der Waals surface area (Å²) in [6.45, 7) is 3.98. The summed E-state index contributed by atoms with van der Waals surface area (Å²) in [5.41, 5.74) is 6.59. The number of hydrogen-bond donors (Lipinski definition) is 2. The summed E-state index contributed by atoms with van der Waals surface area (Å²) >= 11 is 0. The fourth-order valence-corrected chi connectivity index (χ4v) is 1.47. The quantitative estimate of drug-likeness (QED) is 0.864. The van der Waals surface area contributed by atoms with Gasteiger partial charge >= 0.3 is 0 Å². The van der Waals surface area contributed by atoms with E-state index in [2.05, 4.69) is 15.3 Å². The molecule has 0 atom stereocenters. The Morgan fingerprint density at radius 3 is 2.39 bits per heavy atom. The van der Waals surface area contributed by atoms with Crippen molar-refractivity contribution >= 4 is 17.3 Å². The molecule has 1 aromatic heterocycles. The van der Waals surface area contributed by atoms with Crippen molar-refractivity contribution in [3.8, 4) is 5.75 Å². The predicted molar refractivity (Wildman–Crippen MR) is 71.9 cm³/mol. The molecule has 0 amide bonds. The lowest BCUT2D eigenvalue weighted by molar-refractivity contribution is 0.242. The van der Waals surface area contributed by atoms with E-state index in [-0.39, 0.29) is 6.10 Å². The topological polar surface area (TPSA) is 73.1 Å². The third-order valence-electron chi connectivity index (χ3n) is 2.22. The van der Waals surface area contributed by atoms with Gasteiger partial charge in [0.05, 0.1) is 6.10 Å².